The van der Waals surface area contributed by atoms with Crippen LogP contribution in [-0.4, -0.2) is 0 Å². The topological polar surface area (TPSA) is 0 Å². The van der Waals surface area contributed by atoms with E-state index in [2.05, 4.69) is 64.3 Å². The maximum Gasteiger partial charge on any atom is -0.0115 e. The lowest BCUT2D eigenvalue weighted by atomic mass is 9.94. The Morgan fingerprint density at radius 2 is 1.70 bits per heavy atom. The average Bonchev–Trinajstić information content (AvgIpc) is 2.46. The van der Waals surface area contributed by atoms with Crippen LogP contribution in [0.3, 0.4) is 0 Å². The van der Waals surface area contributed by atoms with E-state index in [0.29, 0.717) is 0 Å². The van der Waals surface area contributed by atoms with Crippen molar-refractivity contribution in [1.82, 2.24) is 0 Å². The monoisotopic (exact) mass is 264 g/mol. The van der Waals surface area contributed by atoms with Crippen LogP contribution in [0.2, 0.25) is 0 Å². The van der Waals surface area contributed by atoms with E-state index < -0.39 is 0 Å². The first-order valence-electron chi connectivity index (χ1n) is 6.90. The maximum absolute atomic E-state index is 4.24. The third-order valence-corrected chi connectivity index (χ3v) is 3.45. The molecule has 0 aliphatic heterocycles. The lowest BCUT2D eigenvalue weighted by Crippen LogP contribution is -1.90. The highest BCUT2D eigenvalue weighted by Gasteiger charge is 2.05. The normalized spacial score (nSPS) is 13.3. The number of rotatable bonds is 5. The van der Waals surface area contributed by atoms with Gasteiger partial charge in [0.15, 0.2) is 0 Å². The summed E-state index contributed by atoms with van der Waals surface area (Å²) < 4.78 is 0. The Bertz CT molecular complexity index is 592. The first kappa shape index (κ1) is 16.0. The highest BCUT2D eigenvalue weighted by Crippen LogP contribution is 2.26. The second kappa shape index (κ2) is 7.49. The molecule has 0 aliphatic carbocycles. The molecule has 0 radical (unpaired) electrons. The van der Waals surface area contributed by atoms with E-state index in [1.807, 2.05) is 25.1 Å². The molecule has 20 heavy (non-hydrogen) atoms. The lowest BCUT2D eigenvalue weighted by Gasteiger charge is -2.11. The van der Waals surface area contributed by atoms with Crippen LogP contribution in [0, 0.1) is 0 Å². The minimum Gasteiger partial charge on any atom is -0.0984 e. The Kier molecular flexibility index (Phi) is 5.99. The maximum atomic E-state index is 4.24. The molecule has 0 spiro atoms. The highest BCUT2D eigenvalue weighted by molar-refractivity contribution is 5.82. The lowest BCUT2D eigenvalue weighted by molar-refractivity contribution is 1.34. The molecule has 0 aliphatic rings. The molecule has 0 unspecified atom stereocenters. The fourth-order valence-corrected chi connectivity index (χ4v) is 2.07. The first-order valence-corrected chi connectivity index (χ1v) is 6.90. The van der Waals surface area contributed by atoms with Crippen LogP contribution in [0.4, 0.5) is 0 Å². The predicted molar refractivity (Wildman–Crippen MR) is 92.5 cm³/mol. The minimum absolute atomic E-state index is 1.05. The van der Waals surface area contributed by atoms with E-state index in [-0.39, 0.29) is 0 Å². The van der Waals surface area contributed by atoms with Crippen molar-refractivity contribution in [3.05, 3.63) is 83.5 Å². The zero-order valence-electron chi connectivity index (χ0n) is 13.0. The Balaban J connectivity index is 3.15. The van der Waals surface area contributed by atoms with Crippen molar-refractivity contribution in [2.75, 3.05) is 0 Å². The molecule has 1 aromatic rings. The van der Waals surface area contributed by atoms with Crippen molar-refractivity contribution in [2.24, 2.45) is 0 Å². The molecular formula is C20H24. The van der Waals surface area contributed by atoms with Gasteiger partial charge in [0.2, 0.25) is 0 Å². The third kappa shape index (κ3) is 3.96. The molecule has 0 heterocycles. The van der Waals surface area contributed by atoms with Crippen molar-refractivity contribution in [3.8, 4) is 0 Å². The molecule has 0 heteroatoms. The summed E-state index contributed by atoms with van der Waals surface area (Å²) in [6.07, 6.45) is 8.25. The third-order valence-electron chi connectivity index (χ3n) is 3.45. The van der Waals surface area contributed by atoms with Crippen LogP contribution in [0.25, 0.3) is 11.6 Å². The van der Waals surface area contributed by atoms with Crippen LogP contribution in [0.1, 0.15) is 38.8 Å². The average molecular weight is 264 g/mol. The number of benzene rings is 1. The van der Waals surface area contributed by atoms with Gasteiger partial charge in [-0.25, -0.2) is 0 Å². The van der Waals surface area contributed by atoms with Crippen LogP contribution < -0.4 is 0 Å². The zero-order valence-corrected chi connectivity index (χ0v) is 13.0. The molecule has 1 rings (SSSR count). The molecule has 0 saturated heterocycles. The summed E-state index contributed by atoms with van der Waals surface area (Å²) in [5.41, 5.74) is 7.04. The van der Waals surface area contributed by atoms with Gasteiger partial charge in [-0.15, -0.1) is 0 Å². The SMILES string of the molecule is C=Cc1ccccc1C(=C)/C(C)=C/C(C)=C(C)/C=C\C. The molecule has 0 saturated carbocycles. The van der Waals surface area contributed by atoms with Gasteiger partial charge in [0.25, 0.3) is 0 Å². The molecular weight excluding hydrogens is 240 g/mol. The summed E-state index contributed by atoms with van der Waals surface area (Å²) in [7, 11) is 0. The summed E-state index contributed by atoms with van der Waals surface area (Å²) in [6.45, 7) is 16.5. The Morgan fingerprint density at radius 3 is 2.30 bits per heavy atom. The highest BCUT2D eigenvalue weighted by atomic mass is 14.1. The standard InChI is InChI=1S/C20H24/c1-7-11-15(3)16(4)14-17(5)18(6)20-13-10-9-12-19(20)8-2/h7-14H,2,6H2,1,3-5H3/b11-7-,16-15+,17-14+. The Hall–Kier alpha value is -2.08. The molecule has 0 fully saturated rings. The van der Waals surface area contributed by atoms with Gasteiger partial charge < -0.3 is 0 Å². The van der Waals surface area contributed by atoms with E-state index >= 15 is 0 Å². The molecule has 1 aromatic carbocycles. The van der Waals surface area contributed by atoms with E-state index in [4.69, 9.17) is 0 Å². The predicted octanol–water partition coefficient (Wildman–Crippen LogP) is 6.20. The Morgan fingerprint density at radius 1 is 1.05 bits per heavy atom. The van der Waals surface area contributed by atoms with Crippen molar-refractivity contribution in [3.63, 3.8) is 0 Å². The van der Waals surface area contributed by atoms with Crippen LogP contribution in [-0.2, 0) is 0 Å². The van der Waals surface area contributed by atoms with Crippen molar-refractivity contribution in [1.29, 1.82) is 0 Å². The first-order chi connectivity index (χ1) is 9.51. The molecule has 0 N–H and O–H groups in total. The van der Waals surface area contributed by atoms with Gasteiger partial charge in [-0.3, -0.25) is 0 Å². The molecule has 0 bridgehead atoms. The van der Waals surface area contributed by atoms with Crippen molar-refractivity contribution in [2.45, 2.75) is 27.7 Å². The van der Waals surface area contributed by atoms with Crippen LogP contribution in [0.5, 0.6) is 0 Å². The smallest absolute Gasteiger partial charge is 0.0115 e. The number of hydrogen-bond donors (Lipinski definition) is 0. The second-order valence-electron chi connectivity index (χ2n) is 4.96. The summed E-state index contributed by atoms with van der Waals surface area (Å²) in [5, 5.41) is 0. The number of hydrogen-bond acceptors (Lipinski definition) is 0. The zero-order chi connectivity index (χ0) is 15.1. The summed E-state index contributed by atoms with van der Waals surface area (Å²) in [4.78, 5) is 0. The molecule has 104 valence electrons. The quantitative estimate of drug-likeness (QED) is 0.555. The summed E-state index contributed by atoms with van der Waals surface area (Å²) in [6, 6.07) is 8.21. The van der Waals surface area contributed by atoms with Crippen molar-refractivity contribution < 1.29 is 0 Å². The minimum atomic E-state index is 1.05. The van der Waals surface area contributed by atoms with Gasteiger partial charge in [-0.05, 0) is 61.1 Å². The Labute approximate surface area is 123 Å². The fourth-order valence-electron chi connectivity index (χ4n) is 2.07. The van der Waals surface area contributed by atoms with Gasteiger partial charge in [-0.1, -0.05) is 61.7 Å². The van der Waals surface area contributed by atoms with E-state index in [9.17, 15) is 0 Å². The second-order valence-corrected chi connectivity index (χ2v) is 4.96. The van der Waals surface area contributed by atoms with E-state index in [1.165, 1.54) is 16.7 Å². The van der Waals surface area contributed by atoms with Gasteiger partial charge in [0.1, 0.15) is 0 Å². The van der Waals surface area contributed by atoms with Gasteiger partial charge in [0, 0.05) is 0 Å². The van der Waals surface area contributed by atoms with E-state index in [1.54, 1.807) is 0 Å². The number of allylic oxidation sites excluding steroid dienone is 7. The largest absolute Gasteiger partial charge is 0.0984 e. The van der Waals surface area contributed by atoms with Crippen molar-refractivity contribution >= 4 is 11.6 Å². The van der Waals surface area contributed by atoms with Crippen LogP contribution >= 0.6 is 0 Å². The fraction of sp³-hybridized carbons (Fsp3) is 0.200. The van der Waals surface area contributed by atoms with Gasteiger partial charge in [0.05, 0.1) is 0 Å². The molecule has 0 atom stereocenters. The van der Waals surface area contributed by atoms with Crippen LogP contribution in [0.15, 0.2) is 72.4 Å². The molecule has 0 nitrogen and oxygen atoms in total. The summed E-state index contributed by atoms with van der Waals surface area (Å²) in [5.74, 6) is 0. The summed E-state index contributed by atoms with van der Waals surface area (Å²) >= 11 is 0. The van der Waals surface area contributed by atoms with Gasteiger partial charge in [-0.2, -0.15) is 0 Å². The van der Waals surface area contributed by atoms with E-state index in [0.717, 1.165) is 16.7 Å². The van der Waals surface area contributed by atoms with Gasteiger partial charge >= 0.3 is 0 Å². The molecule has 0 aromatic heterocycles. The molecule has 0 amide bonds.